The molecule has 1 atom stereocenters. The maximum atomic E-state index is 15.5. The molecule has 0 unspecified atom stereocenters. The average Bonchev–Trinajstić information content (AvgIpc) is 2.88. The second kappa shape index (κ2) is 11.0. The van der Waals surface area contributed by atoms with E-state index >= 15 is 8.78 Å². The predicted octanol–water partition coefficient (Wildman–Crippen LogP) is 3.75. The minimum atomic E-state index is -3.78. The Balaban J connectivity index is 1.64. The third-order valence-corrected chi connectivity index (χ3v) is 9.17. The van der Waals surface area contributed by atoms with Gasteiger partial charge in [-0.05, 0) is 55.7 Å². The maximum absolute atomic E-state index is 15.5. The van der Waals surface area contributed by atoms with Gasteiger partial charge in [0, 0.05) is 43.6 Å². The van der Waals surface area contributed by atoms with Crippen LogP contribution in [0.5, 0.6) is 0 Å². The van der Waals surface area contributed by atoms with Crippen molar-refractivity contribution in [2.24, 2.45) is 10.7 Å². The molecule has 10 heteroatoms. The van der Waals surface area contributed by atoms with Crippen molar-refractivity contribution in [2.75, 3.05) is 19.8 Å². The quantitative estimate of drug-likeness (QED) is 0.588. The number of hydrogen-bond donors (Lipinski definition) is 1. The van der Waals surface area contributed by atoms with E-state index in [-0.39, 0.29) is 50.3 Å². The van der Waals surface area contributed by atoms with E-state index in [9.17, 15) is 13.2 Å². The van der Waals surface area contributed by atoms with Crippen molar-refractivity contribution in [3.8, 4) is 0 Å². The molecule has 2 aliphatic rings. The van der Waals surface area contributed by atoms with Gasteiger partial charge in [0.15, 0.2) is 0 Å². The average molecular weight is 518 g/mol. The Hall–Kier alpha value is -2.95. The summed E-state index contributed by atoms with van der Waals surface area (Å²) in [5.41, 5.74) is 4.38. The lowest BCUT2D eigenvalue weighted by Gasteiger charge is -2.35. The van der Waals surface area contributed by atoms with Gasteiger partial charge in [-0.15, -0.1) is 0 Å². The fourth-order valence-electron chi connectivity index (χ4n) is 4.95. The number of rotatable bonds is 6. The Labute approximate surface area is 209 Å². The number of benzene rings is 2. The molecule has 0 radical (unpaired) electrons. The third-order valence-electron chi connectivity index (χ3n) is 6.91. The highest BCUT2D eigenvalue weighted by Crippen LogP contribution is 2.40. The molecular weight excluding hydrogens is 488 g/mol. The number of nitrogens with zero attached hydrogens (tertiary/aromatic N) is 2. The minimum absolute atomic E-state index is 0.0854. The second-order valence-corrected chi connectivity index (χ2v) is 11.1. The molecule has 7 nitrogen and oxygen atoms in total. The highest BCUT2D eigenvalue weighted by atomic mass is 32.2. The van der Waals surface area contributed by atoms with Crippen LogP contribution in [0.2, 0.25) is 0 Å². The summed E-state index contributed by atoms with van der Waals surface area (Å²) in [6, 6.07) is 10.9. The van der Waals surface area contributed by atoms with Gasteiger partial charge in [-0.2, -0.15) is 4.31 Å². The molecule has 1 amide bonds. The molecule has 2 N–H and O–H groups in total. The smallest absolute Gasteiger partial charge is 0.256 e. The van der Waals surface area contributed by atoms with Crippen molar-refractivity contribution < 1.29 is 26.7 Å². The first-order valence-corrected chi connectivity index (χ1v) is 13.4. The van der Waals surface area contributed by atoms with Gasteiger partial charge in [0.1, 0.15) is 16.9 Å². The molecule has 2 saturated heterocycles. The number of nitrogens with two attached hydrogens (primary N) is 1. The molecule has 36 heavy (non-hydrogen) atoms. The Morgan fingerprint density at radius 2 is 1.89 bits per heavy atom. The summed E-state index contributed by atoms with van der Waals surface area (Å²) in [6.07, 6.45) is 5.15. The first-order valence-electron chi connectivity index (χ1n) is 11.8. The second-order valence-electron chi connectivity index (χ2n) is 9.01. The monoisotopic (exact) mass is 517 g/mol. The first-order chi connectivity index (χ1) is 17.3. The number of sulfonamides is 1. The highest BCUT2D eigenvalue weighted by molar-refractivity contribution is 7.89. The van der Waals surface area contributed by atoms with Crippen LogP contribution in [0.4, 0.5) is 8.78 Å². The topological polar surface area (TPSA) is 102 Å². The maximum Gasteiger partial charge on any atom is 0.256 e. The standard InChI is InChI=1S/C26H29F2N3O4S/c27-22-17-21(26(9-14-35-15-10-26)25(32)30-12-5-11-29)23(28)16-20(22)18-31-13-4-8-24(36(31,33)34)19-6-2-1-3-7-19/h1-3,5-7,11-12,16-17,24H,4,8-10,13-15,18,29H2/t24-/m1/s1. The predicted molar refractivity (Wildman–Crippen MR) is 133 cm³/mol. The fraction of sp³-hybridized carbons (Fsp3) is 0.385. The first kappa shape index (κ1) is 26.1. The molecule has 2 heterocycles. The van der Waals surface area contributed by atoms with Crippen molar-refractivity contribution in [3.63, 3.8) is 0 Å². The summed E-state index contributed by atoms with van der Waals surface area (Å²) in [7, 11) is -3.78. The van der Waals surface area contributed by atoms with Gasteiger partial charge < -0.3 is 10.5 Å². The van der Waals surface area contributed by atoms with E-state index in [0.29, 0.717) is 18.4 Å². The van der Waals surface area contributed by atoms with Crippen LogP contribution in [-0.2, 0) is 31.5 Å². The lowest BCUT2D eigenvalue weighted by molar-refractivity contribution is -0.127. The van der Waals surface area contributed by atoms with Crippen LogP contribution >= 0.6 is 0 Å². The van der Waals surface area contributed by atoms with E-state index in [1.165, 1.54) is 22.8 Å². The van der Waals surface area contributed by atoms with E-state index in [1.54, 1.807) is 24.3 Å². The van der Waals surface area contributed by atoms with E-state index in [2.05, 4.69) is 4.99 Å². The van der Waals surface area contributed by atoms with Crippen molar-refractivity contribution >= 4 is 22.1 Å². The summed E-state index contributed by atoms with van der Waals surface area (Å²) < 4.78 is 64.0. The Bertz CT molecular complexity index is 1260. The third kappa shape index (κ3) is 5.11. The van der Waals surface area contributed by atoms with Crippen molar-refractivity contribution in [3.05, 3.63) is 83.1 Å². The Morgan fingerprint density at radius 1 is 1.17 bits per heavy atom. The summed E-state index contributed by atoms with van der Waals surface area (Å²) >= 11 is 0. The molecule has 0 aromatic heterocycles. The van der Waals surface area contributed by atoms with E-state index in [1.807, 2.05) is 6.07 Å². The SMILES string of the molecule is NC=CC=NC(=O)C1(c2cc(F)c(CN3CCC[C@H](c4ccccc4)S3(=O)=O)cc2F)CCOCC1. The molecule has 192 valence electrons. The van der Waals surface area contributed by atoms with Crippen LogP contribution in [0.15, 0.2) is 59.7 Å². The number of halogens is 2. The molecule has 0 aliphatic carbocycles. The molecule has 0 saturated carbocycles. The van der Waals surface area contributed by atoms with Crippen LogP contribution in [0.3, 0.4) is 0 Å². The van der Waals surface area contributed by atoms with Crippen LogP contribution < -0.4 is 5.73 Å². The van der Waals surface area contributed by atoms with Crippen LogP contribution in [0.25, 0.3) is 0 Å². The zero-order valence-electron chi connectivity index (χ0n) is 19.8. The van der Waals surface area contributed by atoms with Crippen molar-refractivity contribution in [1.29, 1.82) is 0 Å². The summed E-state index contributed by atoms with van der Waals surface area (Å²) in [5, 5.41) is -0.733. The number of ether oxygens (including phenoxy) is 1. The van der Waals surface area contributed by atoms with Gasteiger partial charge in [0.05, 0.1) is 5.41 Å². The summed E-state index contributed by atoms with van der Waals surface area (Å²) in [5.74, 6) is -2.16. The lowest BCUT2D eigenvalue weighted by atomic mass is 9.73. The van der Waals surface area contributed by atoms with E-state index < -0.39 is 38.2 Å². The summed E-state index contributed by atoms with van der Waals surface area (Å²) in [6.45, 7) is 0.323. The zero-order valence-corrected chi connectivity index (χ0v) is 20.6. The number of aliphatic imine (C=N–C) groups is 1. The number of carbonyl (C=O) groups is 1. The molecule has 2 fully saturated rings. The fourth-order valence-corrected chi connectivity index (χ4v) is 6.98. The normalized spacial score (nSPS) is 22.2. The molecule has 0 bridgehead atoms. The van der Waals surface area contributed by atoms with Gasteiger partial charge in [0.2, 0.25) is 10.0 Å². The number of amides is 1. The van der Waals surface area contributed by atoms with Gasteiger partial charge in [0.25, 0.3) is 5.91 Å². The largest absolute Gasteiger partial charge is 0.405 e. The van der Waals surface area contributed by atoms with Crippen molar-refractivity contribution in [1.82, 2.24) is 4.31 Å². The zero-order chi connectivity index (χ0) is 25.8. The molecule has 4 rings (SSSR count). The molecular formula is C26H29F2N3O4S. The van der Waals surface area contributed by atoms with Crippen LogP contribution in [0, 0.1) is 11.6 Å². The lowest BCUT2D eigenvalue weighted by Crippen LogP contribution is -2.42. The highest BCUT2D eigenvalue weighted by Gasteiger charge is 2.44. The van der Waals surface area contributed by atoms with Gasteiger partial charge >= 0.3 is 0 Å². The number of allylic oxidation sites excluding steroid dienone is 1. The van der Waals surface area contributed by atoms with Crippen LogP contribution in [0.1, 0.15) is 47.6 Å². The minimum Gasteiger partial charge on any atom is -0.405 e. The van der Waals surface area contributed by atoms with Gasteiger partial charge in [-0.25, -0.2) is 22.2 Å². The van der Waals surface area contributed by atoms with Crippen LogP contribution in [-0.4, -0.2) is 44.6 Å². The van der Waals surface area contributed by atoms with Gasteiger partial charge in [-0.3, -0.25) is 4.79 Å². The molecule has 2 aromatic rings. The molecule has 0 spiro atoms. The van der Waals surface area contributed by atoms with Crippen molar-refractivity contribution in [2.45, 2.75) is 42.9 Å². The van der Waals surface area contributed by atoms with E-state index in [0.717, 1.165) is 12.1 Å². The number of hydrogen-bond acceptors (Lipinski definition) is 5. The molecule has 2 aromatic carbocycles. The van der Waals surface area contributed by atoms with E-state index in [4.69, 9.17) is 10.5 Å². The Kier molecular flexibility index (Phi) is 7.97. The number of carbonyl (C=O) groups excluding carboxylic acids is 1. The Morgan fingerprint density at radius 3 is 2.58 bits per heavy atom. The van der Waals surface area contributed by atoms with Gasteiger partial charge in [-0.1, -0.05) is 30.3 Å². The molecule has 2 aliphatic heterocycles. The summed E-state index contributed by atoms with van der Waals surface area (Å²) in [4.78, 5) is 16.9.